The van der Waals surface area contributed by atoms with Gasteiger partial charge in [-0.1, -0.05) is 6.08 Å². The highest BCUT2D eigenvalue weighted by atomic mass is 16.2. The van der Waals surface area contributed by atoms with E-state index >= 15 is 0 Å². The van der Waals surface area contributed by atoms with Crippen molar-refractivity contribution >= 4 is 5.91 Å². The van der Waals surface area contributed by atoms with Gasteiger partial charge in [-0.05, 0) is 6.42 Å². The number of carbonyl (C=O) groups excluding carboxylic acids is 1. The van der Waals surface area contributed by atoms with Gasteiger partial charge in [0.25, 0.3) is 5.91 Å². The number of amides is 1. The summed E-state index contributed by atoms with van der Waals surface area (Å²) < 4.78 is 0. The Labute approximate surface area is 47.7 Å². The molecule has 0 fully saturated rings. The minimum atomic E-state index is -0.101. The fourth-order valence-corrected chi connectivity index (χ4v) is 0.604. The highest BCUT2D eigenvalue weighted by Crippen LogP contribution is 1.95. The molecular weight excluding hydrogens is 104 g/mol. The molecule has 1 amide bonds. The minimum Gasteiger partial charge on any atom is -0.277 e. The molecule has 0 aromatic rings. The number of nitrogens with two attached hydrogens (primary N) is 1. The lowest BCUT2D eigenvalue weighted by Gasteiger charge is -2.15. The summed E-state index contributed by atoms with van der Waals surface area (Å²) in [6, 6.07) is 0. The van der Waals surface area contributed by atoms with Crippen LogP contribution in [-0.4, -0.2) is 17.5 Å². The molecule has 0 aliphatic carbocycles. The Morgan fingerprint density at radius 1 is 1.75 bits per heavy atom. The van der Waals surface area contributed by atoms with Crippen molar-refractivity contribution in [1.82, 2.24) is 5.01 Å². The van der Waals surface area contributed by atoms with Crippen molar-refractivity contribution in [2.24, 2.45) is 5.84 Å². The van der Waals surface area contributed by atoms with Crippen LogP contribution in [0.5, 0.6) is 0 Å². The van der Waals surface area contributed by atoms with Gasteiger partial charge in [-0.25, -0.2) is 5.84 Å². The van der Waals surface area contributed by atoms with Crippen molar-refractivity contribution in [3.63, 3.8) is 0 Å². The maximum atomic E-state index is 10.5. The molecule has 3 nitrogen and oxygen atoms in total. The smallest absolute Gasteiger partial charge is 0.260 e. The third-order valence-corrected chi connectivity index (χ3v) is 1.08. The van der Waals surface area contributed by atoms with Gasteiger partial charge in [-0.3, -0.25) is 9.80 Å². The van der Waals surface area contributed by atoms with Crippen LogP contribution in [0.3, 0.4) is 0 Å². The molecule has 1 aliphatic rings. The first-order valence-electron chi connectivity index (χ1n) is 2.53. The first-order chi connectivity index (χ1) is 3.80. The average Bonchev–Trinajstić information content (AvgIpc) is 1.77. The van der Waals surface area contributed by atoms with E-state index in [1.807, 2.05) is 6.08 Å². The molecule has 1 heterocycles. The van der Waals surface area contributed by atoms with Gasteiger partial charge in [0.2, 0.25) is 0 Å². The summed E-state index contributed by atoms with van der Waals surface area (Å²) in [5, 5.41) is 1.21. The number of hydrogen-bond donors (Lipinski definition) is 1. The molecule has 1 rings (SSSR count). The van der Waals surface area contributed by atoms with Gasteiger partial charge in [0, 0.05) is 12.6 Å². The van der Waals surface area contributed by atoms with Crippen LogP contribution < -0.4 is 5.84 Å². The second-order valence-electron chi connectivity index (χ2n) is 1.72. The van der Waals surface area contributed by atoms with Crippen LogP contribution in [0.1, 0.15) is 6.42 Å². The molecule has 0 saturated carbocycles. The topological polar surface area (TPSA) is 46.3 Å². The zero-order valence-electron chi connectivity index (χ0n) is 4.50. The first kappa shape index (κ1) is 5.31. The molecule has 2 N–H and O–H groups in total. The van der Waals surface area contributed by atoms with Crippen LogP contribution in [0.25, 0.3) is 0 Å². The quantitative estimate of drug-likeness (QED) is 0.344. The Hall–Kier alpha value is -0.830. The van der Waals surface area contributed by atoms with Gasteiger partial charge in [0.1, 0.15) is 0 Å². The Balaban J connectivity index is 2.60. The lowest BCUT2D eigenvalue weighted by molar-refractivity contribution is -0.126. The van der Waals surface area contributed by atoms with E-state index in [4.69, 9.17) is 5.84 Å². The van der Waals surface area contributed by atoms with Crippen LogP contribution in [0.2, 0.25) is 0 Å². The Morgan fingerprint density at radius 2 is 2.50 bits per heavy atom. The van der Waals surface area contributed by atoms with Gasteiger partial charge in [0.15, 0.2) is 0 Å². The minimum absolute atomic E-state index is 0.101. The van der Waals surface area contributed by atoms with Gasteiger partial charge in [-0.15, -0.1) is 0 Å². The molecule has 3 heteroatoms. The normalized spacial score (nSPS) is 19.6. The molecule has 0 bridgehead atoms. The molecule has 0 atom stereocenters. The number of nitrogens with zero attached hydrogens (tertiary/aromatic N) is 1. The van der Waals surface area contributed by atoms with Crippen molar-refractivity contribution < 1.29 is 4.79 Å². The second kappa shape index (κ2) is 1.96. The lowest BCUT2D eigenvalue weighted by Crippen LogP contribution is -2.38. The second-order valence-corrected chi connectivity index (χ2v) is 1.72. The van der Waals surface area contributed by atoms with Crippen LogP contribution in [0, 0.1) is 0 Å². The fourth-order valence-electron chi connectivity index (χ4n) is 0.604. The van der Waals surface area contributed by atoms with E-state index in [9.17, 15) is 4.79 Å². The molecule has 8 heavy (non-hydrogen) atoms. The molecule has 0 saturated heterocycles. The maximum Gasteiger partial charge on any atom is 0.260 e. The number of hydrazine groups is 1. The Morgan fingerprint density at radius 3 is 2.88 bits per heavy atom. The van der Waals surface area contributed by atoms with Gasteiger partial charge in [0.05, 0.1) is 0 Å². The maximum absolute atomic E-state index is 10.5. The van der Waals surface area contributed by atoms with E-state index < -0.39 is 0 Å². The molecule has 44 valence electrons. The van der Waals surface area contributed by atoms with E-state index in [2.05, 4.69) is 0 Å². The highest BCUT2D eigenvalue weighted by molar-refractivity contribution is 5.87. The van der Waals surface area contributed by atoms with E-state index in [1.165, 1.54) is 11.1 Å². The van der Waals surface area contributed by atoms with Crippen LogP contribution in [-0.2, 0) is 4.79 Å². The number of carbonyl (C=O) groups is 1. The molecule has 0 spiro atoms. The average molecular weight is 112 g/mol. The molecule has 0 radical (unpaired) electrons. The lowest BCUT2D eigenvalue weighted by atomic mass is 10.3. The molecular formula is C5H8N2O. The van der Waals surface area contributed by atoms with Crippen molar-refractivity contribution in [2.75, 3.05) is 6.54 Å². The van der Waals surface area contributed by atoms with Gasteiger partial charge < -0.3 is 0 Å². The first-order valence-corrected chi connectivity index (χ1v) is 2.53. The van der Waals surface area contributed by atoms with Gasteiger partial charge >= 0.3 is 0 Å². The zero-order valence-corrected chi connectivity index (χ0v) is 4.50. The summed E-state index contributed by atoms with van der Waals surface area (Å²) in [7, 11) is 0. The third-order valence-electron chi connectivity index (χ3n) is 1.08. The number of rotatable bonds is 0. The predicted octanol–water partition coefficient (Wildman–Crippen LogP) is -0.351. The number of hydrogen-bond acceptors (Lipinski definition) is 2. The standard InChI is InChI=1S/C5H8N2O/c6-7-4-2-1-3-5(7)8/h1,3H,2,4,6H2. The summed E-state index contributed by atoms with van der Waals surface area (Å²) in [5.41, 5.74) is 0. The third kappa shape index (κ3) is 0.869. The van der Waals surface area contributed by atoms with E-state index in [1.54, 1.807) is 0 Å². The van der Waals surface area contributed by atoms with Crippen molar-refractivity contribution in [2.45, 2.75) is 6.42 Å². The van der Waals surface area contributed by atoms with Crippen LogP contribution >= 0.6 is 0 Å². The highest BCUT2D eigenvalue weighted by Gasteiger charge is 2.06. The summed E-state index contributed by atoms with van der Waals surface area (Å²) in [6.07, 6.45) is 4.19. The molecule has 1 aliphatic heterocycles. The Bertz CT molecular complexity index is 130. The monoisotopic (exact) mass is 112 g/mol. The van der Waals surface area contributed by atoms with Crippen LogP contribution in [0.4, 0.5) is 0 Å². The predicted molar refractivity (Wildman–Crippen MR) is 29.7 cm³/mol. The summed E-state index contributed by atoms with van der Waals surface area (Å²) in [6.45, 7) is 0.648. The molecule has 0 aromatic carbocycles. The van der Waals surface area contributed by atoms with Crippen LogP contribution in [0.15, 0.2) is 12.2 Å². The molecule has 0 aromatic heterocycles. The van der Waals surface area contributed by atoms with E-state index in [0.717, 1.165) is 6.42 Å². The summed E-state index contributed by atoms with van der Waals surface area (Å²) in [4.78, 5) is 10.5. The van der Waals surface area contributed by atoms with Gasteiger partial charge in [-0.2, -0.15) is 0 Å². The molecule has 0 unspecified atom stereocenters. The summed E-state index contributed by atoms with van der Waals surface area (Å²) >= 11 is 0. The Kier molecular flexibility index (Phi) is 1.30. The van der Waals surface area contributed by atoms with E-state index in [-0.39, 0.29) is 5.91 Å². The summed E-state index contributed by atoms with van der Waals surface area (Å²) in [5.74, 6) is 5.11. The van der Waals surface area contributed by atoms with Crippen molar-refractivity contribution in [3.8, 4) is 0 Å². The fraction of sp³-hybridized carbons (Fsp3) is 0.400. The zero-order chi connectivity index (χ0) is 5.98. The largest absolute Gasteiger partial charge is 0.277 e. The SMILES string of the molecule is NN1CCC=CC1=O. The van der Waals surface area contributed by atoms with E-state index in [0.29, 0.717) is 6.54 Å². The van der Waals surface area contributed by atoms with Crippen molar-refractivity contribution in [1.29, 1.82) is 0 Å². The van der Waals surface area contributed by atoms with Crippen molar-refractivity contribution in [3.05, 3.63) is 12.2 Å².